The van der Waals surface area contributed by atoms with Crippen molar-refractivity contribution in [2.45, 2.75) is 13.3 Å². The second-order valence-corrected chi connectivity index (χ2v) is 5.03. The summed E-state index contributed by atoms with van der Waals surface area (Å²) in [6.45, 7) is 3.85. The normalized spacial score (nSPS) is 15.6. The van der Waals surface area contributed by atoms with E-state index in [-0.39, 0.29) is 0 Å². The SMILES string of the molecule is Cc1nsc(N2CCC=C(c3ccncc3)C2)n1. The second-order valence-electron chi connectivity index (χ2n) is 4.30. The number of aryl methyl sites for hydroxylation is 1. The first-order chi connectivity index (χ1) is 8.83. The van der Waals surface area contributed by atoms with Gasteiger partial charge < -0.3 is 4.90 Å². The van der Waals surface area contributed by atoms with Crippen molar-refractivity contribution in [3.63, 3.8) is 0 Å². The molecule has 0 saturated carbocycles. The first-order valence-electron chi connectivity index (χ1n) is 5.97. The van der Waals surface area contributed by atoms with Crippen molar-refractivity contribution in [1.82, 2.24) is 14.3 Å². The predicted molar refractivity (Wildman–Crippen MR) is 73.7 cm³/mol. The number of hydrogen-bond acceptors (Lipinski definition) is 5. The van der Waals surface area contributed by atoms with Gasteiger partial charge in [0.2, 0.25) is 5.13 Å². The van der Waals surface area contributed by atoms with E-state index in [9.17, 15) is 0 Å². The summed E-state index contributed by atoms with van der Waals surface area (Å²) < 4.78 is 4.25. The van der Waals surface area contributed by atoms with Crippen LogP contribution in [0.4, 0.5) is 5.13 Å². The van der Waals surface area contributed by atoms with E-state index in [2.05, 4.69) is 37.5 Å². The first kappa shape index (κ1) is 11.3. The Labute approximate surface area is 110 Å². The average Bonchev–Trinajstić information content (AvgIpc) is 2.87. The van der Waals surface area contributed by atoms with E-state index in [0.29, 0.717) is 0 Å². The Morgan fingerprint density at radius 1 is 1.28 bits per heavy atom. The van der Waals surface area contributed by atoms with Crippen LogP contribution in [-0.2, 0) is 0 Å². The highest BCUT2D eigenvalue weighted by Crippen LogP contribution is 2.25. The molecular formula is C13H14N4S. The quantitative estimate of drug-likeness (QED) is 0.830. The van der Waals surface area contributed by atoms with Crippen LogP contribution >= 0.6 is 11.5 Å². The Bertz CT molecular complexity index is 561. The van der Waals surface area contributed by atoms with E-state index in [1.165, 1.54) is 22.7 Å². The average molecular weight is 258 g/mol. The third kappa shape index (κ3) is 2.26. The molecule has 4 nitrogen and oxygen atoms in total. The molecule has 0 amide bonds. The number of hydrogen-bond donors (Lipinski definition) is 0. The molecule has 1 aliphatic heterocycles. The Kier molecular flexibility index (Phi) is 3.06. The van der Waals surface area contributed by atoms with Crippen molar-refractivity contribution in [3.05, 3.63) is 42.0 Å². The van der Waals surface area contributed by atoms with E-state index >= 15 is 0 Å². The Hall–Kier alpha value is -1.75. The smallest absolute Gasteiger partial charge is 0.205 e. The van der Waals surface area contributed by atoms with E-state index in [4.69, 9.17) is 0 Å². The number of pyridine rings is 1. The van der Waals surface area contributed by atoms with Gasteiger partial charge in [0.15, 0.2) is 0 Å². The summed E-state index contributed by atoms with van der Waals surface area (Å²) >= 11 is 1.48. The fraction of sp³-hybridized carbons (Fsp3) is 0.308. The fourth-order valence-corrected chi connectivity index (χ4v) is 2.80. The Morgan fingerprint density at radius 3 is 2.83 bits per heavy atom. The number of anilines is 1. The molecule has 0 fully saturated rings. The van der Waals surface area contributed by atoms with Crippen molar-refractivity contribution < 1.29 is 0 Å². The molecule has 0 spiro atoms. The maximum Gasteiger partial charge on any atom is 0.205 e. The fourth-order valence-electron chi connectivity index (χ4n) is 2.10. The van der Waals surface area contributed by atoms with Gasteiger partial charge in [0, 0.05) is 37.0 Å². The van der Waals surface area contributed by atoms with Gasteiger partial charge in [-0.25, -0.2) is 4.98 Å². The predicted octanol–water partition coefficient (Wildman–Crippen LogP) is 2.54. The second kappa shape index (κ2) is 4.86. The molecule has 3 heterocycles. The van der Waals surface area contributed by atoms with Crippen LogP contribution in [0.5, 0.6) is 0 Å². The van der Waals surface area contributed by atoms with Crippen LogP contribution in [0.3, 0.4) is 0 Å². The molecule has 0 N–H and O–H groups in total. The van der Waals surface area contributed by atoms with E-state index < -0.39 is 0 Å². The maximum atomic E-state index is 4.46. The van der Waals surface area contributed by atoms with Gasteiger partial charge >= 0.3 is 0 Å². The van der Waals surface area contributed by atoms with Gasteiger partial charge in [0.25, 0.3) is 0 Å². The minimum Gasteiger partial charge on any atom is -0.342 e. The summed E-state index contributed by atoms with van der Waals surface area (Å²) in [5.41, 5.74) is 2.59. The van der Waals surface area contributed by atoms with E-state index in [1.54, 1.807) is 0 Å². The van der Waals surface area contributed by atoms with Gasteiger partial charge in [-0.15, -0.1) is 0 Å². The summed E-state index contributed by atoms with van der Waals surface area (Å²) in [7, 11) is 0. The van der Waals surface area contributed by atoms with Gasteiger partial charge in [-0.05, 0) is 36.6 Å². The van der Waals surface area contributed by atoms with Gasteiger partial charge in [0.05, 0.1) is 0 Å². The van der Waals surface area contributed by atoms with Gasteiger partial charge in [-0.1, -0.05) is 6.08 Å². The molecule has 0 radical (unpaired) electrons. The molecule has 2 aromatic rings. The van der Waals surface area contributed by atoms with Crippen LogP contribution in [0.2, 0.25) is 0 Å². The molecule has 0 atom stereocenters. The minimum atomic E-state index is 0.856. The number of rotatable bonds is 2. The van der Waals surface area contributed by atoms with Gasteiger partial charge in [-0.3, -0.25) is 4.98 Å². The van der Waals surface area contributed by atoms with Gasteiger partial charge in [-0.2, -0.15) is 4.37 Å². The third-order valence-corrected chi connectivity index (χ3v) is 3.86. The molecule has 3 rings (SSSR count). The zero-order valence-electron chi connectivity index (χ0n) is 10.2. The monoisotopic (exact) mass is 258 g/mol. The highest BCUT2D eigenvalue weighted by Gasteiger charge is 2.17. The molecule has 2 aromatic heterocycles. The largest absolute Gasteiger partial charge is 0.342 e. The van der Waals surface area contributed by atoms with Crippen LogP contribution in [0, 0.1) is 6.92 Å². The molecule has 0 saturated heterocycles. The summed E-state index contributed by atoms with van der Waals surface area (Å²) in [5.74, 6) is 0.856. The summed E-state index contributed by atoms with van der Waals surface area (Å²) in [5, 5.41) is 1.02. The molecule has 0 aromatic carbocycles. The minimum absolute atomic E-state index is 0.856. The molecule has 92 valence electrons. The molecule has 1 aliphatic rings. The van der Waals surface area contributed by atoms with E-state index in [0.717, 1.165) is 30.5 Å². The molecule has 0 bridgehead atoms. The van der Waals surface area contributed by atoms with Gasteiger partial charge in [0.1, 0.15) is 5.82 Å². The Morgan fingerprint density at radius 2 is 2.11 bits per heavy atom. The van der Waals surface area contributed by atoms with Crippen LogP contribution < -0.4 is 4.90 Å². The summed E-state index contributed by atoms with van der Waals surface area (Å²) in [4.78, 5) is 10.8. The lowest BCUT2D eigenvalue weighted by Crippen LogP contribution is -2.29. The van der Waals surface area contributed by atoms with Crippen molar-refractivity contribution in [2.75, 3.05) is 18.0 Å². The van der Waals surface area contributed by atoms with E-state index in [1.807, 2.05) is 19.3 Å². The summed E-state index contributed by atoms with van der Waals surface area (Å²) in [6, 6.07) is 4.11. The maximum absolute atomic E-state index is 4.46. The van der Waals surface area contributed by atoms with Crippen LogP contribution in [-0.4, -0.2) is 27.4 Å². The lowest BCUT2D eigenvalue weighted by atomic mass is 10.0. The standard InChI is InChI=1S/C13H14N4S/c1-10-15-13(18-16-10)17-8-2-3-12(9-17)11-4-6-14-7-5-11/h3-7H,2,8-9H2,1H3. The molecule has 0 unspecified atom stereocenters. The van der Waals surface area contributed by atoms with Crippen LogP contribution in [0.25, 0.3) is 5.57 Å². The van der Waals surface area contributed by atoms with Crippen LogP contribution in [0.1, 0.15) is 17.8 Å². The van der Waals surface area contributed by atoms with Crippen molar-refractivity contribution >= 4 is 22.2 Å². The number of aromatic nitrogens is 3. The molecule has 5 heteroatoms. The van der Waals surface area contributed by atoms with Crippen molar-refractivity contribution in [3.8, 4) is 0 Å². The molecule has 18 heavy (non-hydrogen) atoms. The van der Waals surface area contributed by atoms with Crippen LogP contribution in [0.15, 0.2) is 30.6 Å². The lowest BCUT2D eigenvalue weighted by Gasteiger charge is -2.26. The van der Waals surface area contributed by atoms with Crippen molar-refractivity contribution in [1.29, 1.82) is 0 Å². The topological polar surface area (TPSA) is 41.9 Å². The van der Waals surface area contributed by atoms with Crippen molar-refractivity contribution in [2.24, 2.45) is 0 Å². The highest BCUT2D eigenvalue weighted by molar-refractivity contribution is 7.09. The number of nitrogens with zero attached hydrogens (tertiary/aromatic N) is 4. The molecular weight excluding hydrogens is 244 g/mol. The third-order valence-electron chi connectivity index (χ3n) is 2.99. The molecule has 0 aliphatic carbocycles. The lowest BCUT2D eigenvalue weighted by molar-refractivity contribution is 0.824. The summed E-state index contributed by atoms with van der Waals surface area (Å²) in [6.07, 6.45) is 7.03. The first-order valence-corrected chi connectivity index (χ1v) is 6.75. The zero-order chi connectivity index (χ0) is 12.4. The Balaban J connectivity index is 1.82. The zero-order valence-corrected chi connectivity index (χ0v) is 11.0. The highest BCUT2D eigenvalue weighted by atomic mass is 32.1.